The van der Waals surface area contributed by atoms with Crippen LogP contribution in [0.15, 0.2) is 49.9 Å². The molecule has 234 valence electrons. The van der Waals surface area contributed by atoms with E-state index >= 15 is 0 Å². The molecule has 1 saturated heterocycles. The van der Waals surface area contributed by atoms with Crippen LogP contribution in [0.1, 0.15) is 25.5 Å². The largest absolute Gasteiger partial charge is 0.477 e. The molecule has 17 nitrogen and oxygen atoms in total. The van der Waals surface area contributed by atoms with Crippen molar-refractivity contribution in [3.05, 3.63) is 45.5 Å². The number of carboxylic acid groups (broad SMARTS) is 2. The standard InChI is InChI=1S/C24H22N10O7S4/c1-10-5-14(34-13(27-10)6-32(31-34)24(39)40)43-7-11-8-44-21-17(20(36)33(21)18(11)22(37)38)29-19(35)16(12-9-45-23(26)28-12)30-41-15(42)3-2-4-25/h5-6,9,17,21,31H,2-3,7-8H2,1H3,(H2,26,28)(H,29,35)(H,37,38)(H,39,40)/t17-,21-/m1/s1. The molecule has 0 saturated carbocycles. The van der Waals surface area contributed by atoms with Crippen molar-refractivity contribution in [3.63, 3.8) is 0 Å². The second-order valence-corrected chi connectivity index (χ2v) is 12.8. The number of allylic oxidation sites excluding steroid dienone is 1. The van der Waals surface area contributed by atoms with Crippen LogP contribution in [0.3, 0.4) is 0 Å². The first-order chi connectivity index (χ1) is 21.5. The van der Waals surface area contributed by atoms with Crippen molar-refractivity contribution in [1.82, 2.24) is 30.8 Å². The molecule has 0 radical (unpaired) electrons. The number of aliphatic carboxylic acids is 1. The molecule has 5 rings (SSSR count). The van der Waals surface area contributed by atoms with E-state index in [1.54, 1.807) is 13.0 Å². The Morgan fingerprint density at radius 2 is 2.18 bits per heavy atom. The van der Waals surface area contributed by atoms with Gasteiger partial charge in [0.05, 0.1) is 17.3 Å². The monoisotopic (exact) mass is 690 g/mol. The summed E-state index contributed by atoms with van der Waals surface area (Å²) in [5, 5.41) is 38.3. The fourth-order valence-corrected chi connectivity index (χ4v) is 7.57. The topological polar surface area (TPSA) is 239 Å². The second kappa shape index (κ2) is 13.2. The number of nitriles is 1. The maximum atomic E-state index is 13.3. The van der Waals surface area contributed by atoms with Crippen molar-refractivity contribution in [2.75, 3.05) is 17.2 Å². The van der Waals surface area contributed by atoms with Gasteiger partial charge in [0, 0.05) is 35.4 Å². The number of oxime groups is 1. The Bertz CT molecular complexity index is 1690. The zero-order chi connectivity index (χ0) is 32.4. The summed E-state index contributed by atoms with van der Waals surface area (Å²) < 4.78 is 0. The van der Waals surface area contributed by atoms with Gasteiger partial charge in [-0.2, -0.15) is 10.3 Å². The Morgan fingerprint density at radius 3 is 2.84 bits per heavy atom. The van der Waals surface area contributed by atoms with Crippen molar-refractivity contribution in [2.24, 2.45) is 10.1 Å². The number of thioether (sulfide) groups is 2. The summed E-state index contributed by atoms with van der Waals surface area (Å²) >= 11 is 8.60. The summed E-state index contributed by atoms with van der Waals surface area (Å²) in [5.74, 6) is -1.99. The summed E-state index contributed by atoms with van der Waals surface area (Å²) in [7, 11) is 0. The van der Waals surface area contributed by atoms with Crippen molar-refractivity contribution in [3.8, 4) is 6.07 Å². The van der Waals surface area contributed by atoms with Gasteiger partial charge < -0.3 is 26.1 Å². The number of β-lactam (4-membered cyclic amide) rings is 1. The van der Waals surface area contributed by atoms with Gasteiger partial charge in [0.1, 0.15) is 22.8 Å². The number of anilines is 1. The number of thiazole rings is 1. The predicted octanol–water partition coefficient (Wildman–Crippen LogP) is 1.38. The molecule has 6 N–H and O–H groups in total. The summed E-state index contributed by atoms with van der Waals surface area (Å²) in [6.45, 7) is 1.74. The number of hydrogen-bond acceptors (Lipinski definition) is 16. The Hall–Kier alpha value is -4.49. The molecule has 21 heteroatoms. The summed E-state index contributed by atoms with van der Waals surface area (Å²) in [5.41, 5.74) is 9.07. The zero-order valence-corrected chi connectivity index (χ0v) is 26.3. The number of hydrazine groups is 2. The minimum Gasteiger partial charge on any atom is -0.477 e. The third kappa shape index (κ3) is 6.64. The van der Waals surface area contributed by atoms with Crippen LogP contribution in [0.25, 0.3) is 0 Å². The SMILES string of the molecule is CC1=NC2=CN(C(=O)O)NN2C(SCC2=C(C(=O)O)N3C(=O)[C@@H](NC(=O)C(=NOC(=S)CCC#N)c4csc(N)n4)[C@H]3SC2)=C1. The van der Waals surface area contributed by atoms with E-state index in [-0.39, 0.29) is 51.6 Å². The molecular weight excluding hydrogens is 669 g/mol. The zero-order valence-electron chi connectivity index (χ0n) is 23.0. The fourth-order valence-electron chi connectivity index (χ4n) is 4.33. The van der Waals surface area contributed by atoms with E-state index in [1.807, 2.05) is 6.07 Å². The number of thiocarbonyl (C=S) groups is 1. The van der Waals surface area contributed by atoms with Gasteiger partial charge in [0.15, 0.2) is 21.7 Å². The Kier molecular flexibility index (Phi) is 9.40. The van der Waals surface area contributed by atoms with Crippen molar-refractivity contribution in [2.45, 2.75) is 31.2 Å². The molecule has 4 aliphatic heterocycles. The van der Waals surface area contributed by atoms with Crippen LogP contribution < -0.4 is 16.6 Å². The molecule has 5 heterocycles. The van der Waals surface area contributed by atoms with Gasteiger partial charge in [0.25, 0.3) is 11.8 Å². The number of aliphatic imine (C=N–C) groups is 1. The van der Waals surface area contributed by atoms with Gasteiger partial charge in [-0.3, -0.25) is 14.5 Å². The predicted molar refractivity (Wildman–Crippen MR) is 168 cm³/mol. The van der Waals surface area contributed by atoms with Crippen LogP contribution >= 0.6 is 47.1 Å². The van der Waals surface area contributed by atoms with Crippen LogP contribution in [0.5, 0.6) is 0 Å². The number of hydrogen-bond donors (Lipinski definition) is 5. The molecule has 1 aromatic rings. The summed E-state index contributed by atoms with van der Waals surface area (Å²) in [4.78, 5) is 64.9. The van der Waals surface area contributed by atoms with E-state index in [0.29, 0.717) is 22.1 Å². The lowest BCUT2D eigenvalue weighted by Gasteiger charge is -2.49. The minimum atomic E-state index is -1.30. The number of rotatable bonds is 10. The molecule has 0 unspecified atom stereocenters. The normalized spacial score (nSPS) is 20.7. The molecule has 3 amide bonds. The van der Waals surface area contributed by atoms with E-state index in [2.05, 4.69) is 26.0 Å². The van der Waals surface area contributed by atoms with Crippen LogP contribution in [0.4, 0.5) is 9.93 Å². The number of nitrogens with zero attached hydrogens (tertiary/aromatic N) is 7. The van der Waals surface area contributed by atoms with Crippen molar-refractivity contribution in [1.29, 1.82) is 5.26 Å². The van der Waals surface area contributed by atoms with Gasteiger partial charge in [0.2, 0.25) is 0 Å². The van der Waals surface area contributed by atoms with Crippen LogP contribution in [-0.2, 0) is 19.2 Å². The fraction of sp³-hybridized carbons (Fsp3) is 0.292. The highest BCUT2D eigenvalue weighted by Gasteiger charge is 2.54. The van der Waals surface area contributed by atoms with E-state index in [4.69, 9.17) is 28.1 Å². The molecular formula is C24H22N10O7S4. The minimum absolute atomic E-state index is 0.0289. The average Bonchev–Trinajstić information content (AvgIpc) is 3.63. The quantitative estimate of drug-likeness (QED) is 0.101. The van der Waals surface area contributed by atoms with Crippen molar-refractivity contribution >= 4 is 92.6 Å². The smallest absolute Gasteiger partial charge is 0.427 e. The lowest BCUT2D eigenvalue weighted by Crippen LogP contribution is -2.71. The van der Waals surface area contributed by atoms with Gasteiger partial charge in [-0.05, 0) is 30.8 Å². The lowest BCUT2D eigenvalue weighted by atomic mass is 10.0. The number of carbonyl (C=O) groups is 4. The van der Waals surface area contributed by atoms with Gasteiger partial charge in [-0.15, -0.1) is 40.4 Å². The highest BCUT2D eigenvalue weighted by atomic mass is 32.2. The number of fused-ring (bicyclic) bond motifs is 2. The van der Waals surface area contributed by atoms with Gasteiger partial charge in [-0.25, -0.2) is 24.6 Å². The third-order valence-electron chi connectivity index (χ3n) is 6.32. The number of nitrogens with two attached hydrogens (primary N) is 1. The molecule has 0 aliphatic carbocycles. The molecule has 2 atom stereocenters. The number of nitrogen functional groups attached to an aromatic ring is 1. The highest BCUT2D eigenvalue weighted by molar-refractivity contribution is 8.03. The first-order valence-electron chi connectivity index (χ1n) is 12.8. The first kappa shape index (κ1) is 31.9. The summed E-state index contributed by atoms with van der Waals surface area (Å²) in [6, 6.07) is 0.854. The molecule has 0 aromatic carbocycles. The number of carbonyl (C=O) groups excluding carboxylic acids is 2. The molecule has 1 fully saturated rings. The average molecular weight is 691 g/mol. The van der Waals surface area contributed by atoms with Gasteiger partial charge >= 0.3 is 12.1 Å². The van der Waals surface area contributed by atoms with Crippen LogP contribution in [-0.4, -0.2) is 93.4 Å². The highest BCUT2D eigenvalue weighted by Crippen LogP contribution is 2.42. The van der Waals surface area contributed by atoms with E-state index in [9.17, 15) is 29.4 Å². The molecule has 45 heavy (non-hydrogen) atoms. The number of aromatic nitrogens is 1. The second-order valence-electron chi connectivity index (χ2n) is 9.35. The van der Waals surface area contributed by atoms with Crippen LogP contribution in [0, 0.1) is 11.3 Å². The summed E-state index contributed by atoms with van der Waals surface area (Å²) in [6.07, 6.45) is 1.99. The number of amides is 3. The lowest BCUT2D eigenvalue weighted by molar-refractivity contribution is -0.150. The Morgan fingerprint density at radius 1 is 1.40 bits per heavy atom. The van der Waals surface area contributed by atoms with Crippen LogP contribution in [0.2, 0.25) is 0 Å². The molecule has 4 aliphatic rings. The Balaban J connectivity index is 1.29. The first-order valence-corrected chi connectivity index (χ1v) is 16.1. The van der Waals surface area contributed by atoms with Gasteiger partial charge in [-0.1, -0.05) is 5.16 Å². The van der Waals surface area contributed by atoms with E-state index < -0.39 is 35.3 Å². The molecule has 0 bridgehead atoms. The molecule has 0 spiro atoms. The maximum absolute atomic E-state index is 13.3. The molecule has 1 aromatic heterocycles. The Labute approximate surface area is 272 Å². The third-order valence-corrected chi connectivity index (χ3v) is 9.70. The maximum Gasteiger partial charge on any atom is 0.427 e. The van der Waals surface area contributed by atoms with E-state index in [1.165, 1.54) is 40.1 Å². The van der Waals surface area contributed by atoms with E-state index in [0.717, 1.165) is 21.2 Å². The number of carboxylic acids is 1. The van der Waals surface area contributed by atoms with Crippen molar-refractivity contribution < 1.29 is 34.2 Å². The number of nitrogens with one attached hydrogen (secondary N) is 2.